The van der Waals surface area contributed by atoms with Crippen LogP contribution in [-0.4, -0.2) is 83.9 Å². The van der Waals surface area contributed by atoms with Gasteiger partial charge in [-0.25, -0.2) is 8.42 Å². The molecule has 3 heterocycles. The van der Waals surface area contributed by atoms with Crippen LogP contribution in [0, 0.1) is 5.92 Å². The Bertz CT molecular complexity index is 1120. The summed E-state index contributed by atoms with van der Waals surface area (Å²) in [6.07, 6.45) is 2.39. The molecule has 0 radical (unpaired) electrons. The van der Waals surface area contributed by atoms with E-state index in [1.807, 2.05) is 30.9 Å². The van der Waals surface area contributed by atoms with Crippen LogP contribution in [0.1, 0.15) is 31.9 Å². The van der Waals surface area contributed by atoms with Crippen LogP contribution in [0.2, 0.25) is 0 Å². The maximum atomic E-state index is 12.2. The highest BCUT2D eigenvalue weighted by molar-refractivity contribution is 7.91. The van der Waals surface area contributed by atoms with Crippen molar-refractivity contribution < 1.29 is 23.1 Å². The van der Waals surface area contributed by atoms with Crippen LogP contribution in [0.25, 0.3) is 10.9 Å². The van der Waals surface area contributed by atoms with Crippen molar-refractivity contribution >= 4 is 38.3 Å². The fraction of sp³-hybridized carbons (Fsp3) is 0.545. The predicted molar refractivity (Wildman–Crippen MR) is 122 cm³/mol. The standard InChI is InChI=1S/C22H30N4O5S/c1-14(2)21(27)24-15-3-4-17-18(12-23-19(17)11-15)20(22(28)29)26-8-6-25(7-9-26)16-5-10-32(30,31)13-16/h3-4,11-12,14,16,20,23H,5-10,13H2,1-2H3,(H,24,27)(H,28,29)/t16-,20+/m0/s1. The van der Waals surface area contributed by atoms with Crippen molar-refractivity contribution in [3.8, 4) is 0 Å². The summed E-state index contributed by atoms with van der Waals surface area (Å²) in [5.41, 5.74) is 2.12. The fourth-order valence-corrected chi connectivity index (χ4v) is 6.41. The molecule has 0 aliphatic carbocycles. The lowest BCUT2D eigenvalue weighted by Crippen LogP contribution is -2.52. The number of aromatic nitrogens is 1. The van der Waals surface area contributed by atoms with Gasteiger partial charge in [-0.1, -0.05) is 19.9 Å². The number of rotatable bonds is 6. The summed E-state index contributed by atoms with van der Waals surface area (Å²) in [5, 5.41) is 13.7. The zero-order chi connectivity index (χ0) is 23.0. The highest BCUT2D eigenvalue weighted by atomic mass is 32.2. The van der Waals surface area contributed by atoms with Gasteiger partial charge in [0.15, 0.2) is 9.84 Å². The number of hydrogen-bond donors (Lipinski definition) is 3. The zero-order valence-electron chi connectivity index (χ0n) is 18.4. The third kappa shape index (κ3) is 4.67. The first-order chi connectivity index (χ1) is 15.1. The van der Waals surface area contributed by atoms with Gasteiger partial charge in [0.1, 0.15) is 6.04 Å². The van der Waals surface area contributed by atoms with E-state index in [9.17, 15) is 23.1 Å². The molecule has 2 aliphatic heterocycles. The van der Waals surface area contributed by atoms with E-state index in [0.29, 0.717) is 43.9 Å². The lowest BCUT2D eigenvalue weighted by atomic mass is 10.0. The molecule has 1 amide bonds. The number of carbonyl (C=O) groups excluding carboxylic acids is 1. The quantitative estimate of drug-likeness (QED) is 0.597. The van der Waals surface area contributed by atoms with Gasteiger partial charge in [-0.2, -0.15) is 0 Å². The minimum absolute atomic E-state index is 0.0398. The van der Waals surface area contributed by atoms with Crippen molar-refractivity contribution in [2.45, 2.75) is 32.4 Å². The lowest BCUT2D eigenvalue weighted by molar-refractivity contribution is -0.144. The van der Waals surface area contributed by atoms with E-state index in [2.05, 4.69) is 15.2 Å². The molecule has 2 saturated heterocycles. The number of nitrogens with zero attached hydrogens (tertiary/aromatic N) is 2. The molecule has 4 rings (SSSR count). The molecule has 2 atom stereocenters. The average molecular weight is 463 g/mol. The van der Waals surface area contributed by atoms with Crippen molar-refractivity contribution in [3.63, 3.8) is 0 Å². The number of sulfone groups is 1. The number of nitrogens with one attached hydrogen (secondary N) is 2. The summed E-state index contributed by atoms with van der Waals surface area (Å²) >= 11 is 0. The lowest BCUT2D eigenvalue weighted by Gasteiger charge is -2.39. The molecule has 0 unspecified atom stereocenters. The van der Waals surface area contributed by atoms with Gasteiger partial charge < -0.3 is 15.4 Å². The number of amides is 1. The molecular formula is C22H30N4O5S. The van der Waals surface area contributed by atoms with Gasteiger partial charge in [0.05, 0.1) is 11.5 Å². The van der Waals surface area contributed by atoms with E-state index < -0.39 is 21.8 Å². The van der Waals surface area contributed by atoms with E-state index in [1.165, 1.54) is 0 Å². The molecule has 32 heavy (non-hydrogen) atoms. The SMILES string of the molecule is CC(C)C(=O)Nc1ccc2c([C@H](C(=O)O)N3CCN([C@H]4CCS(=O)(=O)C4)CC3)c[nH]c2c1. The number of hydrogen-bond acceptors (Lipinski definition) is 6. The van der Waals surface area contributed by atoms with Crippen LogP contribution in [-0.2, 0) is 19.4 Å². The second-order valence-electron chi connectivity index (χ2n) is 9.02. The van der Waals surface area contributed by atoms with E-state index >= 15 is 0 Å². The van der Waals surface area contributed by atoms with Crippen molar-refractivity contribution in [3.05, 3.63) is 30.0 Å². The highest BCUT2D eigenvalue weighted by Crippen LogP contribution is 2.31. The molecule has 174 valence electrons. The van der Waals surface area contributed by atoms with Gasteiger partial charge in [-0.3, -0.25) is 19.4 Å². The predicted octanol–water partition coefficient (Wildman–Crippen LogP) is 1.69. The molecule has 10 heteroatoms. The fourth-order valence-electron chi connectivity index (χ4n) is 4.65. The van der Waals surface area contributed by atoms with Crippen LogP contribution in [0.15, 0.2) is 24.4 Å². The second kappa shape index (κ2) is 8.84. The molecule has 3 N–H and O–H groups in total. The van der Waals surface area contributed by atoms with Gasteiger partial charge in [0.25, 0.3) is 0 Å². The molecule has 0 saturated carbocycles. The molecule has 1 aromatic heterocycles. The van der Waals surface area contributed by atoms with Crippen LogP contribution < -0.4 is 5.32 Å². The number of fused-ring (bicyclic) bond motifs is 1. The minimum Gasteiger partial charge on any atom is -0.480 e. The molecular weight excluding hydrogens is 432 g/mol. The Hall–Kier alpha value is -2.43. The average Bonchev–Trinajstić information content (AvgIpc) is 3.31. The summed E-state index contributed by atoms with van der Waals surface area (Å²) < 4.78 is 23.6. The summed E-state index contributed by atoms with van der Waals surface area (Å²) in [5.74, 6) is -0.685. The Balaban J connectivity index is 1.49. The Morgan fingerprint density at radius 3 is 2.50 bits per heavy atom. The van der Waals surface area contributed by atoms with Gasteiger partial charge in [0.2, 0.25) is 5.91 Å². The topological polar surface area (TPSA) is 123 Å². The third-order valence-corrected chi connectivity index (χ3v) is 8.22. The van der Waals surface area contributed by atoms with Crippen molar-refractivity contribution in [1.82, 2.24) is 14.8 Å². The monoisotopic (exact) mass is 462 g/mol. The van der Waals surface area contributed by atoms with Crippen LogP contribution in [0.5, 0.6) is 0 Å². The first-order valence-electron chi connectivity index (χ1n) is 11.0. The van der Waals surface area contributed by atoms with E-state index in [1.54, 1.807) is 12.3 Å². The number of H-pyrrole nitrogens is 1. The Morgan fingerprint density at radius 2 is 1.91 bits per heavy atom. The molecule has 1 aromatic carbocycles. The van der Waals surface area contributed by atoms with Crippen molar-refractivity contribution in [2.75, 3.05) is 43.0 Å². The molecule has 2 fully saturated rings. The van der Waals surface area contributed by atoms with Crippen molar-refractivity contribution in [1.29, 1.82) is 0 Å². The molecule has 0 bridgehead atoms. The van der Waals surface area contributed by atoms with Crippen LogP contribution >= 0.6 is 0 Å². The van der Waals surface area contributed by atoms with Crippen LogP contribution in [0.3, 0.4) is 0 Å². The number of carboxylic acid groups (broad SMARTS) is 1. The molecule has 0 spiro atoms. The number of aromatic amines is 1. The van der Waals surface area contributed by atoms with Gasteiger partial charge >= 0.3 is 5.97 Å². The number of piperazine rings is 1. The Kier molecular flexibility index (Phi) is 6.28. The first-order valence-corrected chi connectivity index (χ1v) is 12.8. The second-order valence-corrected chi connectivity index (χ2v) is 11.2. The smallest absolute Gasteiger partial charge is 0.325 e. The number of benzene rings is 1. The van der Waals surface area contributed by atoms with E-state index in [-0.39, 0.29) is 29.4 Å². The van der Waals surface area contributed by atoms with Crippen molar-refractivity contribution in [2.24, 2.45) is 5.92 Å². The number of anilines is 1. The number of carboxylic acids is 1. The molecule has 2 aliphatic rings. The van der Waals surface area contributed by atoms with Gasteiger partial charge in [-0.15, -0.1) is 0 Å². The maximum absolute atomic E-state index is 12.2. The normalized spacial score (nSPS) is 22.9. The summed E-state index contributed by atoms with van der Waals surface area (Å²) in [7, 11) is -2.94. The number of carbonyl (C=O) groups is 2. The molecule has 2 aromatic rings. The maximum Gasteiger partial charge on any atom is 0.325 e. The summed E-state index contributed by atoms with van der Waals surface area (Å²) in [6, 6.07) is 4.69. The van der Waals surface area contributed by atoms with Gasteiger partial charge in [-0.05, 0) is 18.6 Å². The van der Waals surface area contributed by atoms with E-state index in [4.69, 9.17) is 0 Å². The Labute approximate surface area is 187 Å². The largest absolute Gasteiger partial charge is 0.480 e. The minimum atomic E-state index is -2.94. The third-order valence-electron chi connectivity index (χ3n) is 6.47. The van der Waals surface area contributed by atoms with Gasteiger partial charge in [0, 0.05) is 66.5 Å². The van der Waals surface area contributed by atoms with E-state index in [0.717, 1.165) is 10.9 Å². The van der Waals surface area contributed by atoms with Crippen LogP contribution in [0.4, 0.5) is 5.69 Å². The zero-order valence-corrected chi connectivity index (χ0v) is 19.2. The summed E-state index contributed by atoms with van der Waals surface area (Å²) in [4.78, 5) is 31.5. The Morgan fingerprint density at radius 1 is 1.19 bits per heavy atom. The summed E-state index contributed by atoms with van der Waals surface area (Å²) in [6.45, 7) is 6.06. The highest BCUT2D eigenvalue weighted by Gasteiger charge is 2.37. The molecule has 9 nitrogen and oxygen atoms in total. The first kappa shape index (κ1) is 22.8. The number of aliphatic carboxylic acids is 1.